The van der Waals surface area contributed by atoms with Crippen molar-refractivity contribution in [2.24, 2.45) is 0 Å². The van der Waals surface area contributed by atoms with Gasteiger partial charge in [0.05, 0.1) is 26.5 Å². The number of aryl methyl sites for hydroxylation is 1. The van der Waals surface area contributed by atoms with Crippen molar-refractivity contribution in [1.29, 1.82) is 0 Å². The molecule has 3 heterocycles. The van der Waals surface area contributed by atoms with E-state index in [0.29, 0.717) is 11.5 Å². The maximum absolute atomic E-state index is 5.41. The Hall–Kier alpha value is -3.06. The second-order valence-corrected chi connectivity index (χ2v) is 7.12. The second-order valence-electron chi connectivity index (χ2n) is 6.09. The molecule has 0 atom stereocenters. The summed E-state index contributed by atoms with van der Waals surface area (Å²) in [6.07, 6.45) is 0. The monoisotopic (exact) mass is 380 g/mol. The minimum atomic E-state index is 0.673. The summed E-state index contributed by atoms with van der Waals surface area (Å²) in [7, 11) is 3.25. The van der Waals surface area contributed by atoms with Crippen molar-refractivity contribution >= 4 is 22.8 Å². The molecule has 0 radical (unpaired) electrons. The SMILES string of the molecule is COc1ccc(-c2cc3nc(C)cc(NCc4cccs4)n3n2)cc1OC. The van der Waals surface area contributed by atoms with E-state index in [0.717, 1.165) is 35.0 Å². The number of hydrogen-bond donors (Lipinski definition) is 1. The van der Waals surface area contributed by atoms with Crippen LogP contribution in [0.5, 0.6) is 11.5 Å². The number of fused-ring (bicyclic) bond motifs is 1. The Morgan fingerprint density at radius 1 is 1.07 bits per heavy atom. The predicted octanol–water partition coefficient (Wildman–Crippen LogP) is 4.40. The minimum absolute atomic E-state index is 0.673. The molecular weight excluding hydrogens is 360 g/mol. The van der Waals surface area contributed by atoms with Crippen LogP contribution in [0.4, 0.5) is 5.82 Å². The molecular formula is C20H20N4O2S. The number of nitrogens with one attached hydrogen (secondary N) is 1. The highest BCUT2D eigenvalue weighted by Crippen LogP contribution is 2.32. The molecule has 0 spiro atoms. The molecule has 0 saturated heterocycles. The van der Waals surface area contributed by atoms with Crippen LogP contribution in [0.1, 0.15) is 10.6 Å². The number of anilines is 1. The second kappa shape index (κ2) is 7.28. The van der Waals surface area contributed by atoms with Crippen molar-refractivity contribution in [1.82, 2.24) is 14.6 Å². The van der Waals surface area contributed by atoms with E-state index in [1.54, 1.807) is 25.6 Å². The van der Waals surface area contributed by atoms with Gasteiger partial charge in [0.15, 0.2) is 17.1 Å². The molecule has 0 aliphatic rings. The topological polar surface area (TPSA) is 60.7 Å². The van der Waals surface area contributed by atoms with E-state index in [-0.39, 0.29) is 0 Å². The first kappa shape index (κ1) is 17.4. The summed E-state index contributed by atoms with van der Waals surface area (Å²) in [6, 6.07) is 13.9. The lowest BCUT2D eigenvalue weighted by molar-refractivity contribution is 0.355. The summed E-state index contributed by atoms with van der Waals surface area (Å²) in [5.74, 6) is 2.28. The van der Waals surface area contributed by atoms with Gasteiger partial charge in [0.1, 0.15) is 5.82 Å². The van der Waals surface area contributed by atoms with Crippen LogP contribution in [0.2, 0.25) is 0 Å². The van der Waals surface area contributed by atoms with Crippen LogP contribution >= 0.6 is 11.3 Å². The maximum atomic E-state index is 5.41. The van der Waals surface area contributed by atoms with Crippen LogP contribution in [-0.2, 0) is 6.54 Å². The Morgan fingerprint density at radius 3 is 2.67 bits per heavy atom. The highest BCUT2D eigenvalue weighted by atomic mass is 32.1. The molecule has 0 bridgehead atoms. The number of nitrogens with zero attached hydrogens (tertiary/aromatic N) is 3. The van der Waals surface area contributed by atoms with E-state index >= 15 is 0 Å². The first-order chi connectivity index (χ1) is 13.2. The smallest absolute Gasteiger partial charge is 0.161 e. The van der Waals surface area contributed by atoms with Crippen molar-refractivity contribution in [3.8, 4) is 22.8 Å². The number of methoxy groups -OCH3 is 2. The molecule has 1 aromatic carbocycles. The Balaban J connectivity index is 1.72. The Bertz CT molecular complexity index is 1070. The zero-order valence-corrected chi connectivity index (χ0v) is 16.2. The summed E-state index contributed by atoms with van der Waals surface area (Å²) < 4.78 is 12.6. The molecule has 27 heavy (non-hydrogen) atoms. The van der Waals surface area contributed by atoms with Gasteiger partial charge < -0.3 is 14.8 Å². The lowest BCUT2D eigenvalue weighted by Crippen LogP contribution is -2.06. The summed E-state index contributed by atoms with van der Waals surface area (Å²) in [5.41, 5.74) is 3.51. The van der Waals surface area contributed by atoms with Crippen LogP contribution in [0, 0.1) is 6.92 Å². The third kappa shape index (κ3) is 3.46. The highest BCUT2D eigenvalue weighted by Gasteiger charge is 2.12. The maximum Gasteiger partial charge on any atom is 0.161 e. The quantitative estimate of drug-likeness (QED) is 0.537. The minimum Gasteiger partial charge on any atom is -0.493 e. The summed E-state index contributed by atoms with van der Waals surface area (Å²) in [5, 5.41) is 10.3. The van der Waals surface area contributed by atoms with E-state index in [2.05, 4.69) is 27.8 Å². The standard InChI is InChI=1S/C20H20N4O2S/c1-13-9-19(21-12-15-5-4-8-27-15)24-20(22-13)11-16(23-24)14-6-7-17(25-2)18(10-14)26-3/h4-11,21H,12H2,1-3H3. The molecule has 3 aromatic heterocycles. The fraction of sp³-hybridized carbons (Fsp3) is 0.200. The molecule has 0 amide bonds. The lowest BCUT2D eigenvalue weighted by atomic mass is 10.1. The van der Waals surface area contributed by atoms with Gasteiger partial charge in [-0.2, -0.15) is 9.61 Å². The summed E-state index contributed by atoms with van der Waals surface area (Å²) in [6.45, 7) is 2.74. The number of benzene rings is 1. The van der Waals surface area contributed by atoms with Crippen LogP contribution in [-0.4, -0.2) is 28.8 Å². The molecule has 7 heteroatoms. The molecule has 4 aromatic rings. The van der Waals surface area contributed by atoms with Crippen molar-refractivity contribution < 1.29 is 9.47 Å². The van der Waals surface area contributed by atoms with Crippen LogP contribution < -0.4 is 14.8 Å². The van der Waals surface area contributed by atoms with E-state index in [9.17, 15) is 0 Å². The number of hydrogen-bond acceptors (Lipinski definition) is 6. The van der Waals surface area contributed by atoms with E-state index in [4.69, 9.17) is 14.6 Å². The van der Waals surface area contributed by atoms with Gasteiger partial charge in [-0.15, -0.1) is 11.3 Å². The zero-order valence-electron chi connectivity index (χ0n) is 15.4. The van der Waals surface area contributed by atoms with Crippen molar-refractivity contribution in [3.05, 3.63) is 58.4 Å². The van der Waals surface area contributed by atoms with Crippen molar-refractivity contribution in [2.75, 3.05) is 19.5 Å². The average Bonchev–Trinajstić information content (AvgIpc) is 3.35. The number of aromatic nitrogens is 3. The van der Waals surface area contributed by atoms with Crippen molar-refractivity contribution in [3.63, 3.8) is 0 Å². The average molecular weight is 380 g/mol. The lowest BCUT2D eigenvalue weighted by Gasteiger charge is -2.09. The Morgan fingerprint density at radius 2 is 1.93 bits per heavy atom. The van der Waals surface area contributed by atoms with Gasteiger partial charge in [0.25, 0.3) is 0 Å². The zero-order chi connectivity index (χ0) is 18.8. The van der Waals surface area contributed by atoms with Crippen molar-refractivity contribution in [2.45, 2.75) is 13.5 Å². The molecule has 138 valence electrons. The Labute approximate surface area is 161 Å². The molecule has 1 N–H and O–H groups in total. The third-order valence-corrected chi connectivity index (χ3v) is 5.13. The molecule has 0 unspecified atom stereocenters. The molecule has 0 aliphatic carbocycles. The van der Waals surface area contributed by atoms with Crippen LogP contribution in [0.25, 0.3) is 16.9 Å². The predicted molar refractivity (Wildman–Crippen MR) is 108 cm³/mol. The first-order valence-electron chi connectivity index (χ1n) is 8.54. The summed E-state index contributed by atoms with van der Waals surface area (Å²) >= 11 is 1.73. The Kier molecular flexibility index (Phi) is 4.68. The number of thiophene rings is 1. The molecule has 0 fully saturated rings. The van der Waals surface area contributed by atoms with E-state index < -0.39 is 0 Å². The largest absolute Gasteiger partial charge is 0.493 e. The fourth-order valence-corrected chi connectivity index (χ4v) is 3.60. The number of ether oxygens (including phenoxy) is 2. The summed E-state index contributed by atoms with van der Waals surface area (Å²) in [4.78, 5) is 5.88. The molecule has 6 nitrogen and oxygen atoms in total. The van der Waals surface area contributed by atoms with Gasteiger partial charge in [0.2, 0.25) is 0 Å². The number of rotatable bonds is 6. The van der Waals surface area contributed by atoms with Gasteiger partial charge in [-0.25, -0.2) is 4.98 Å². The molecule has 4 rings (SSSR count). The fourth-order valence-electron chi connectivity index (χ4n) is 2.95. The van der Waals surface area contributed by atoms with Crippen LogP contribution in [0.15, 0.2) is 47.8 Å². The van der Waals surface area contributed by atoms with Gasteiger partial charge in [0, 0.05) is 28.3 Å². The van der Waals surface area contributed by atoms with E-state index in [1.807, 2.05) is 41.8 Å². The highest BCUT2D eigenvalue weighted by molar-refractivity contribution is 7.09. The molecule has 0 saturated carbocycles. The van der Waals surface area contributed by atoms with E-state index in [1.165, 1.54) is 4.88 Å². The molecule has 0 aliphatic heterocycles. The first-order valence-corrected chi connectivity index (χ1v) is 9.42. The van der Waals surface area contributed by atoms with Gasteiger partial charge in [-0.3, -0.25) is 0 Å². The van der Waals surface area contributed by atoms with Crippen LogP contribution in [0.3, 0.4) is 0 Å². The van der Waals surface area contributed by atoms with Gasteiger partial charge in [-0.1, -0.05) is 6.07 Å². The van der Waals surface area contributed by atoms with Gasteiger partial charge in [-0.05, 0) is 36.6 Å². The third-order valence-electron chi connectivity index (χ3n) is 4.26. The normalized spacial score (nSPS) is 10.9. The van der Waals surface area contributed by atoms with Gasteiger partial charge >= 0.3 is 0 Å².